The molecule has 0 aliphatic carbocycles. The van der Waals surface area contributed by atoms with Gasteiger partial charge in [0, 0.05) is 6.20 Å². The van der Waals surface area contributed by atoms with Crippen molar-refractivity contribution in [3.63, 3.8) is 0 Å². The highest BCUT2D eigenvalue weighted by Crippen LogP contribution is 2.14. The van der Waals surface area contributed by atoms with Crippen LogP contribution in [0.3, 0.4) is 0 Å². The van der Waals surface area contributed by atoms with E-state index in [1.165, 1.54) is 18.3 Å². The average Bonchev–Trinajstić information content (AvgIpc) is 2.33. The van der Waals surface area contributed by atoms with Crippen LogP contribution in [-0.4, -0.2) is 34.9 Å². The van der Waals surface area contributed by atoms with Crippen LogP contribution in [0.25, 0.3) is 0 Å². The van der Waals surface area contributed by atoms with Crippen LogP contribution in [-0.2, 0) is 11.3 Å². The number of aromatic nitrogens is 1. The predicted octanol–water partition coefficient (Wildman–Crippen LogP) is 1.57. The van der Waals surface area contributed by atoms with Crippen molar-refractivity contribution in [1.29, 1.82) is 0 Å². The van der Waals surface area contributed by atoms with Crippen LogP contribution in [0.5, 0.6) is 0 Å². The lowest BCUT2D eigenvalue weighted by Crippen LogP contribution is -2.28. The maximum atomic E-state index is 11.7. The summed E-state index contributed by atoms with van der Waals surface area (Å²) < 4.78 is 39.1. The Kier molecular flexibility index (Phi) is 4.67. The SMILES string of the molecule is O=C(NCc1cc(C(=O)O)ccn1)OCC(F)(F)F. The number of nitrogens with one attached hydrogen (secondary N) is 1. The van der Waals surface area contributed by atoms with Crippen LogP contribution < -0.4 is 5.32 Å². The standard InChI is InChI=1S/C10H9F3N2O4/c11-10(12,13)5-19-9(18)15-4-7-3-6(8(16)17)1-2-14-7/h1-3H,4-5H2,(H,15,18)(H,16,17). The maximum absolute atomic E-state index is 11.7. The summed E-state index contributed by atoms with van der Waals surface area (Å²) in [6.45, 7) is -1.93. The molecule has 0 atom stereocenters. The molecule has 0 spiro atoms. The molecule has 1 aromatic rings. The highest BCUT2D eigenvalue weighted by molar-refractivity contribution is 5.87. The van der Waals surface area contributed by atoms with Crippen molar-refractivity contribution < 1.29 is 32.6 Å². The van der Waals surface area contributed by atoms with Crippen molar-refractivity contribution in [1.82, 2.24) is 10.3 Å². The number of hydrogen-bond donors (Lipinski definition) is 2. The molecule has 0 aliphatic heterocycles. The van der Waals surface area contributed by atoms with E-state index in [1.54, 1.807) is 0 Å². The van der Waals surface area contributed by atoms with E-state index in [9.17, 15) is 22.8 Å². The Hall–Kier alpha value is -2.32. The van der Waals surface area contributed by atoms with Crippen LogP contribution in [0.2, 0.25) is 0 Å². The quantitative estimate of drug-likeness (QED) is 0.872. The van der Waals surface area contributed by atoms with E-state index in [-0.39, 0.29) is 17.8 Å². The summed E-state index contributed by atoms with van der Waals surface area (Å²) in [6, 6.07) is 2.43. The summed E-state index contributed by atoms with van der Waals surface area (Å²) in [7, 11) is 0. The summed E-state index contributed by atoms with van der Waals surface area (Å²) in [5, 5.41) is 10.7. The summed E-state index contributed by atoms with van der Waals surface area (Å²) in [5.41, 5.74) is 0.138. The first-order valence-electron chi connectivity index (χ1n) is 4.93. The van der Waals surface area contributed by atoms with E-state index in [4.69, 9.17) is 5.11 Å². The fraction of sp³-hybridized carbons (Fsp3) is 0.300. The maximum Gasteiger partial charge on any atom is 0.422 e. The van der Waals surface area contributed by atoms with Crippen molar-refractivity contribution in [3.05, 3.63) is 29.6 Å². The number of carboxylic acid groups (broad SMARTS) is 1. The van der Waals surface area contributed by atoms with Gasteiger partial charge in [-0.05, 0) is 12.1 Å². The first kappa shape index (κ1) is 14.7. The van der Waals surface area contributed by atoms with Gasteiger partial charge in [-0.3, -0.25) is 4.98 Å². The van der Waals surface area contributed by atoms with Crippen LogP contribution in [0.1, 0.15) is 16.1 Å². The number of alkyl halides is 3. The predicted molar refractivity (Wildman–Crippen MR) is 55.4 cm³/mol. The fourth-order valence-corrected chi connectivity index (χ4v) is 1.07. The third kappa shape index (κ3) is 5.70. The van der Waals surface area contributed by atoms with Gasteiger partial charge in [-0.15, -0.1) is 0 Å². The normalized spacial score (nSPS) is 10.9. The summed E-state index contributed by atoms with van der Waals surface area (Å²) in [5.74, 6) is -1.18. The Bertz CT molecular complexity index is 476. The van der Waals surface area contributed by atoms with Crippen LogP contribution in [0.15, 0.2) is 18.3 Å². The fourth-order valence-electron chi connectivity index (χ4n) is 1.07. The van der Waals surface area contributed by atoms with Crippen molar-refractivity contribution in [2.24, 2.45) is 0 Å². The minimum Gasteiger partial charge on any atom is -0.478 e. The summed E-state index contributed by atoms with van der Waals surface area (Å²) in [6.07, 6.45) is -4.65. The number of rotatable bonds is 4. The Morgan fingerprint density at radius 1 is 1.42 bits per heavy atom. The molecule has 19 heavy (non-hydrogen) atoms. The molecule has 104 valence electrons. The second kappa shape index (κ2) is 6.03. The van der Waals surface area contributed by atoms with E-state index in [2.05, 4.69) is 9.72 Å². The van der Waals surface area contributed by atoms with Crippen molar-refractivity contribution in [2.45, 2.75) is 12.7 Å². The number of halogens is 3. The molecule has 1 amide bonds. The molecule has 2 N–H and O–H groups in total. The molecule has 1 rings (SSSR count). The zero-order chi connectivity index (χ0) is 14.5. The summed E-state index contributed by atoms with van der Waals surface area (Å²) in [4.78, 5) is 25.3. The van der Waals surface area contributed by atoms with Crippen LogP contribution in [0.4, 0.5) is 18.0 Å². The lowest BCUT2D eigenvalue weighted by molar-refractivity contribution is -0.160. The molecule has 9 heteroatoms. The van der Waals surface area contributed by atoms with Crippen LogP contribution >= 0.6 is 0 Å². The van der Waals surface area contributed by atoms with Crippen molar-refractivity contribution >= 4 is 12.1 Å². The number of pyridine rings is 1. The number of alkyl carbamates (subject to hydrolysis) is 1. The van der Waals surface area contributed by atoms with Gasteiger partial charge in [-0.25, -0.2) is 9.59 Å². The number of carboxylic acids is 1. The number of aromatic carboxylic acids is 1. The Morgan fingerprint density at radius 3 is 2.68 bits per heavy atom. The van der Waals surface area contributed by atoms with E-state index in [1.807, 2.05) is 5.32 Å². The van der Waals surface area contributed by atoms with Gasteiger partial charge in [0.1, 0.15) is 0 Å². The van der Waals surface area contributed by atoms with Gasteiger partial charge in [-0.1, -0.05) is 0 Å². The molecular weight excluding hydrogens is 269 g/mol. The monoisotopic (exact) mass is 278 g/mol. The number of ether oxygens (including phenoxy) is 1. The molecule has 1 heterocycles. The molecule has 0 radical (unpaired) electrons. The Morgan fingerprint density at radius 2 is 2.11 bits per heavy atom. The highest BCUT2D eigenvalue weighted by Gasteiger charge is 2.29. The molecule has 0 unspecified atom stereocenters. The second-order valence-corrected chi connectivity index (χ2v) is 3.39. The minimum atomic E-state index is -4.60. The van der Waals surface area contributed by atoms with E-state index in [0.717, 1.165) is 0 Å². The molecular formula is C10H9F3N2O4. The van der Waals surface area contributed by atoms with E-state index in [0.29, 0.717) is 0 Å². The topological polar surface area (TPSA) is 88.5 Å². The highest BCUT2D eigenvalue weighted by atomic mass is 19.4. The third-order valence-electron chi connectivity index (χ3n) is 1.84. The molecule has 0 fully saturated rings. The summed E-state index contributed by atoms with van der Waals surface area (Å²) >= 11 is 0. The molecule has 0 aromatic carbocycles. The van der Waals surface area contributed by atoms with Gasteiger partial charge < -0.3 is 15.2 Å². The molecule has 1 aromatic heterocycles. The van der Waals surface area contributed by atoms with Gasteiger partial charge in [0.15, 0.2) is 6.61 Å². The first-order chi connectivity index (χ1) is 8.78. The lowest BCUT2D eigenvalue weighted by Gasteiger charge is -2.08. The second-order valence-electron chi connectivity index (χ2n) is 3.39. The zero-order valence-electron chi connectivity index (χ0n) is 9.40. The van der Waals surface area contributed by atoms with Crippen molar-refractivity contribution in [2.75, 3.05) is 6.61 Å². The minimum absolute atomic E-state index is 0.0459. The molecule has 0 aliphatic rings. The van der Waals surface area contributed by atoms with E-state index >= 15 is 0 Å². The Labute approximate surface area is 105 Å². The van der Waals surface area contributed by atoms with Gasteiger partial charge in [0.25, 0.3) is 0 Å². The number of carbonyl (C=O) groups excluding carboxylic acids is 1. The van der Waals surface area contributed by atoms with Gasteiger partial charge in [0.05, 0.1) is 17.8 Å². The first-order valence-corrected chi connectivity index (χ1v) is 4.93. The van der Waals surface area contributed by atoms with Gasteiger partial charge >= 0.3 is 18.2 Å². The number of amides is 1. The molecule has 0 saturated heterocycles. The molecule has 0 saturated carbocycles. The van der Waals surface area contributed by atoms with Crippen LogP contribution in [0, 0.1) is 0 Å². The third-order valence-corrected chi connectivity index (χ3v) is 1.84. The van der Waals surface area contributed by atoms with Crippen molar-refractivity contribution in [3.8, 4) is 0 Å². The largest absolute Gasteiger partial charge is 0.478 e. The number of hydrogen-bond acceptors (Lipinski definition) is 4. The molecule has 0 bridgehead atoms. The smallest absolute Gasteiger partial charge is 0.422 e. The Balaban J connectivity index is 2.46. The van der Waals surface area contributed by atoms with E-state index < -0.39 is 24.8 Å². The molecule has 6 nitrogen and oxygen atoms in total. The van der Waals surface area contributed by atoms with Gasteiger partial charge in [0.2, 0.25) is 0 Å². The average molecular weight is 278 g/mol. The number of nitrogens with zero attached hydrogens (tertiary/aromatic N) is 1. The number of carbonyl (C=O) groups is 2. The lowest BCUT2D eigenvalue weighted by atomic mass is 10.2. The van der Waals surface area contributed by atoms with Gasteiger partial charge in [-0.2, -0.15) is 13.2 Å². The zero-order valence-corrected chi connectivity index (χ0v) is 9.40.